The average Bonchev–Trinajstić information content (AvgIpc) is 3.20. The molecule has 0 spiro atoms. The molecule has 1 saturated heterocycles. The van der Waals surface area contributed by atoms with E-state index in [1.54, 1.807) is 6.07 Å². The lowest BCUT2D eigenvalue weighted by molar-refractivity contribution is 0.169. The largest absolute Gasteiger partial charge is 0.490 e. The molecule has 8 nitrogen and oxygen atoms in total. The van der Waals surface area contributed by atoms with Crippen LogP contribution in [0, 0.1) is 6.92 Å². The zero-order valence-electron chi connectivity index (χ0n) is 15.1. The minimum Gasteiger partial charge on any atom is -0.490 e. The van der Waals surface area contributed by atoms with Gasteiger partial charge in [-0.05, 0) is 30.7 Å². The number of piperidine rings is 1. The molecule has 4 rings (SSSR count). The van der Waals surface area contributed by atoms with Crippen molar-refractivity contribution in [2.24, 2.45) is 0 Å². The molecule has 0 bridgehead atoms. The summed E-state index contributed by atoms with van der Waals surface area (Å²) in [7, 11) is 0. The van der Waals surface area contributed by atoms with Crippen LogP contribution < -0.4 is 9.64 Å². The summed E-state index contributed by atoms with van der Waals surface area (Å²) in [6, 6.07) is 11.8. The Morgan fingerprint density at radius 2 is 1.89 bits per heavy atom. The number of aliphatic hydroxyl groups excluding tert-OH is 1. The summed E-state index contributed by atoms with van der Waals surface area (Å²) in [6.45, 7) is 3.49. The first-order valence-corrected chi connectivity index (χ1v) is 8.97. The number of ether oxygens (including phenoxy) is 1. The minimum atomic E-state index is -0.294. The zero-order valence-corrected chi connectivity index (χ0v) is 15.1. The predicted molar refractivity (Wildman–Crippen MR) is 98.3 cm³/mol. The van der Waals surface area contributed by atoms with Crippen molar-refractivity contribution in [1.29, 1.82) is 0 Å². The topological polar surface area (TPSA) is 97.4 Å². The quantitative estimate of drug-likeness (QED) is 0.734. The highest BCUT2D eigenvalue weighted by Gasteiger charge is 2.22. The summed E-state index contributed by atoms with van der Waals surface area (Å²) in [5.74, 6) is 2.19. The lowest BCUT2D eigenvalue weighted by atomic mass is 10.1. The van der Waals surface area contributed by atoms with Gasteiger partial charge in [-0.25, -0.2) is 0 Å². The smallest absolute Gasteiger partial charge is 0.268 e. The fourth-order valence-electron chi connectivity index (χ4n) is 3.10. The van der Waals surface area contributed by atoms with E-state index in [0.29, 0.717) is 5.69 Å². The first kappa shape index (κ1) is 17.4. The molecule has 2 aromatic heterocycles. The second-order valence-electron chi connectivity index (χ2n) is 6.51. The molecule has 140 valence electrons. The molecule has 1 aliphatic heterocycles. The molecular formula is C19H21N5O3. The SMILES string of the molecule is Cc1ccccc1OC1CCN(c2ccc(-c3nnc(CO)o3)nn2)CC1. The van der Waals surface area contributed by atoms with Gasteiger partial charge in [0.25, 0.3) is 5.89 Å². The molecular weight excluding hydrogens is 346 g/mol. The second kappa shape index (κ2) is 7.71. The molecule has 0 unspecified atom stereocenters. The Morgan fingerprint density at radius 1 is 1.07 bits per heavy atom. The van der Waals surface area contributed by atoms with Gasteiger partial charge in [-0.2, -0.15) is 0 Å². The van der Waals surface area contributed by atoms with Crippen LogP contribution in [0.5, 0.6) is 5.75 Å². The molecule has 0 saturated carbocycles. The standard InChI is InChI=1S/C19H21N5O3/c1-13-4-2-3-5-16(13)26-14-8-10-24(11-9-14)17-7-6-15(20-21-17)19-23-22-18(12-25)27-19/h2-7,14,25H,8-12H2,1H3. The normalized spacial score (nSPS) is 15.1. The van der Waals surface area contributed by atoms with Crippen molar-refractivity contribution in [3.63, 3.8) is 0 Å². The molecule has 3 aromatic rings. The number of hydrogen-bond donors (Lipinski definition) is 1. The van der Waals surface area contributed by atoms with E-state index in [1.165, 1.54) is 0 Å². The molecule has 0 aliphatic carbocycles. The Hall–Kier alpha value is -3.00. The van der Waals surface area contributed by atoms with Gasteiger partial charge < -0.3 is 19.2 Å². The number of aliphatic hydroxyl groups is 1. The van der Waals surface area contributed by atoms with Crippen LogP contribution in [0.3, 0.4) is 0 Å². The molecule has 3 heterocycles. The van der Waals surface area contributed by atoms with E-state index in [4.69, 9.17) is 14.3 Å². The minimum absolute atomic E-state index is 0.159. The third kappa shape index (κ3) is 3.90. The van der Waals surface area contributed by atoms with Crippen LogP contribution >= 0.6 is 0 Å². The van der Waals surface area contributed by atoms with Gasteiger partial charge in [-0.3, -0.25) is 0 Å². The van der Waals surface area contributed by atoms with Crippen molar-refractivity contribution in [2.45, 2.75) is 32.5 Å². The summed E-state index contributed by atoms with van der Waals surface area (Å²) in [5.41, 5.74) is 1.65. The number of nitrogens with zero attached hydrogens (tertiary/aromatic N) is 5. The van der Waals surface area contributed by atoms with Gasteiger partial charge >= 0.3 is 0 Å². The molecule has 0 amide bonds. The second-order valence-corrected chi connectivity index (χ2v) is 6.51. The Labute approximate surface area is 156 Å². The van der Waals surface area contributed by atoms with Crippen LogP contribution in [0.15, 0.2) is 40.8 Å². The average molecular weight is 367 g/mol. The maximum atomic E-state index is 8.99. The summed E-state index contributed by atoms with van der Waals surface area (Å²) < 4.78 is 11.4. The van der Waals surface area contributed by atoms with Crippen LogP contribution in [0.4, 0.5) is 5.82 Å². The lowest BCUT2D eigenvalue weighted by Crippen LogP contribution is -2.38. The number of hydrogen-bond acceptors (Lipinski definition) is 8. The maximum Gasteiger partial charge on any atom is 0.268 e. The Kier molecular flexibility index (Phi) is 4.97. The van der Waals surface area contributed by atoms with Gasteiger partial charge in [0.05, 0.1) is 0 Å². The number of aryl methyl sites for hydroxylation is 1. The van der Waals surface area contributed by atoms with Crippen LogP contribution in [-0.4, -0.2) is 44.7 Å². The molecule has 1 N–H and O–H groups in total. The van der Waals surface area contributed by atoms with E-state index < -0.39 is 0 Å². The van der Waals surface area contributed by atoms with Crippen molar-refractivity contribution in [1.82, 2.24) is 20.4 Å². The molecule has 0 atom stereocenters. The third-order valence-corrected chi connectivity index (χ3v) is 4.62. The molecule has 1 fully saturated rings. The fourth-order valence-corrected chi connectivity index (χ4v) is 3.10. The van der Waals surface area contributed by atoms with Crippen molar-refractivity contribution in [2.75, 3.05) is 18.0 Å². The Balaban J connectivity index is 1.36. The van der Waals surface area contributed by atoms with Gasteiger partial charge in [-0.1, -0.05) is 18.2 Å². The summed E-state index contributed by atoms with van der Waals surface area (Å²) >= 11 is 0. The van der Waals surface area contributed by atoms with Crippen LogP contribution in [-0.2, 0) is 6.61 Å². The number of anilines is 1. The number of rotatable bonds is 5. The molecule has 1 aliphatic rings. The van der Waals surface area contributed by atoms with Crippen molar-refractivity contribution >= 4 is 5.82 Å². The van der Waals surface area contributed by atoms with Crippen LogP contribution in [0.1, 0.15) is 24.3 Å². The van der Waals surface area contributed by atoms with Gasteiger partial charge in [0.1, 0.15) is 24.2 Å². The first-order valence-electron chi connectivity index (χ1n) is 8.97. The molecule has 1 aromatic carbocycles. The van der Waals surface area contributed by atoms with Gasteiger partial charge in [-0.15, -0.1) is 20.4 Å². The highest BCUT2D eigenvalue weighted by atomic mass is 16.5. The molecule has 27 heavy (non-hydrogen) atoms. The van der Waals surface area contributed by atoms with E-state index in [9.17, 15) is 0 Å². The molecule has 0 radical (unpaired) electrons. The van der Waals surface area contributed by atoms with Crippen molar-refractivity contribution in [3.8, 4) is 17.3 Å². The lowest BCUT2D eigenvalue weighted by Gasteiger charge is -2.32. The van der Waals surface area contributed by atoms with E-state index in [-0.39, 0.29) is 24.5 Å². The Morgan fingerprint density at radius 3 is 2.56 bits per heavy atom. The van der Waals surface area contributed by atoms with E-state index in [2.05, 4.69) is 38.3 Å². The molecule has 8 heteroatoms. The van der Waals surface area contributed by atoms with E-state index >= 15 is 0 Å². The third-order valence-electron chi connectivity index (χ3n) is 4.62. The predicted octanol–water partition coefficient (Wildman–Crippen LogP) is 2.38. The van der Waals surface area contributed by atoms with Crippen molar-refractivity contribution in [3.05, 3.63) is 47.9 Å². The monoisotopic (exact) mass is 367 g/mol. The highest BCUT2D eigenvalue weighted by Crippen LogP contribution is 2.24. The van der Waals surface area contributed by atoms with Crippen LogP contribution in [0.25, 0.3) is 11.6 Å². The maximum absolute atomic E-state index is 8.99. The summed E-state index contributed by atoms with van der Waals surface area (Å²) in [4.78, 5) is 2.20. The summed E-state index contributed by atoms with van der Waals surface area (Å²) in [6.07, 6.45) is 2.08. The van der Waals surface area contributed by atoms with Gasteiger partial charge in [0.15, 0.2) is 5.82 Å². The number of benzene rings is 1. The van der Waals surface area contributed by atoms with Gasteiger partial charge in [0.2, 0.25) is 5.89 Å². The fraction of sp³-hybridized carbons (Fsp3) is 0.368. The Bertz CT molecular complexity index is 888. The summed E-state index contributed by atoms with van der Waals surface area (Å²) in [5, 5.41) is 25.0. The van der Waals surface area contributed by atoms with E-state index in [1.807, 2.05) is 24.3 Å². The first-order chi connectivity index (χ1) is 13.2. The number of para-hydroxylation sites is 1. The zero-order chi connectivity index (χ0) is 18.6. The van der Waals surface area contributed by atoms with Crippen molar-refractivity contribution < 1.29 is 14.3 Å². The number of aromatic nitrogens is 4. The van der Waals surface area contributed by atoms with E-state index in [0.717, 1.165) is 43.1 Å². The van der Waals surface area contributed by atoms with Gasteiger partial charge in [0, 0.05) is 25.9 Å². The van der Waals surface area contributed by atoms with Crippen LogP contribution in [0.2, 0.25) is 0 Å². The highest BCUT2D eigenvalue weighted by molar-refractivity contribution is 5.49.